The van der Waals surface area contributed by atoms with Crippen LogP contribution >= 0.6 is 0 Å². The number of hydrogen-bond acceptors (Lipinski definition) is 4. The number of fused-ring (bicyclic) bond motifs is 1. The van der Waals surface area contributed by atoms with Crippen LogP contribution in [0.15, 0.2) is 24.3 Å². The van der Waals surface area contributed by atoms with Crippen LogP contribution < -0.4 is 5.32 Å². The lowest BCUT2D eigenvalue weighted by Crippen LogP contribution is -2.52. The molecule has 1 aromatic carbocycles. The van der Waals surface area contributed by atoms with Gasteiger partial charge in [-0.25, -0.2) is 0 Å². The highest BCUT2D eigenvalue weighted by Crippen LogP contribution is 2.29. The second-order valence-electron chi connectivity index (χ2n) is 9.64. The topological polar surface area (TPSA) is 44.8 Å². The van der Waals surface area contributed by atoms with Crippen LogP contribution in [0.25, 0.3) is 0 Å². The van der Waals surface area contributed by atoms with E-state index in [0.29, 0.717) is 25.2 Å². The van der Waals surface area contributed by atoms with Crippen molar-refractivity contribution < 1.29 is 9.53 Å². The van der Waals surface area contributed by atoms with Gasteiger partial charge in [-0.3, -0.25) is 14.6 Å². The predicted octanol–water partition coefficient (Wildman–Crippen LogP) is 2.87. The third kappa shape index (κ3) is 5.43. The van der Waals surface area contributed by atoms with E-state index in [1.165, 1.54) is 38.8 Å². The van der Waals surface area contributed by atoms with Crippen molar-refractivity contribution in [1.82, 2.24) is 15.1 Å². The molecule has 5 nitrogen and oxygen atoms in total. The van der Waals surface area contributed by atoms with E-state index in [1.54, 1.807) is 11.1 Å². The van der Waals surface area contributed by atoms with Crippen LogP contribution in [0.5, 0.6) is 0 Å². The molecule has 166 valence electrons. The summed E-state index contributed by atoms with van der Waals surface area (Å²) in [6, 6.07) is 10.3. The second-order valence-corrected chi connectivity index (χ2v) is 9.64. The number of carbonyl (C=O) groups is 1. The van der Waals surface area contributed by atoms with Crippen LogP contribution in [0.1, 0.15) is 50.7 Å². The molecule has 2 aliphatic heterocycles. The van der Waals surface area contributed by atoms with E-state index < -0.39 is 0 Å². The van der Waals surface area contributed by atoms with E-state index in [9.17, 15) is 4.79 Å². The molecule has 0 saturated carbocycles. The average Bonchev–Trinajstić information content (AvgIpc) is 3.21. The van der Waals surface area contributed by atoms with Crippen molar-refractivity contribution in [3.05, 3.63) is 35.4 Å². The van der Waals surface area contributed by atoms with Gasteiger partial charge in [0.1, 0.15) is 0 Å². The first-order chi connectivity index (χ1) is 14.6. The van der Waals surface area contributed by atoms with E-state index in [2.05, 4.69) is 39.4 Å². The zero-order valence-corrected chi connectivity index (χ0v) is 18.8. The fourth-order valence-electron chi connectivity index (χ4n) is 5.58. The van der Waals surface area contributed by atoms with Crippen LogP contribution in [0.4, 0.5) is 0 Å². The highest BCUT2D eigenvalue weighted by molar-refractivity contribution is 5.78. The zero-order valence-electron chi connectivity index (χ0n) is 18.8. The van der Waals surface area contributed by atoms with E-state index >= 15 is 0 Å². The Morgan fingerprint density at radius 1 is 1.03 bits per heavy atom. The number of piperidine rings is 2. The number of benzene rings is 1. The first-order valence-electron chi connectivity index (χ1n) is 12.0. The summed E-state index contributed by atoms with van der Waals surface area (Å²) < 4.78 is 5.54. The summed E-state index contributed by atoms with van der Waals surface area (Å²) in [6.45, 7) is 9.75. The van der Waals surface area contributed by atoms with Gasteiger partial charge in [0.05, 0.1) is 18.6 Å². The largest absolute Gasteiger partial charge is 0.377 e. The maximum Gasteiger partial charge on any atom is 0.224 e. The van der Waals surface area contributed by atoms with E-state index in [-0.39, 0.29) is 17.9 Å². The van der Waals surface area contributed by atoms with Gasteiger partial charge in [-0.2, -0.15) is 0 Å². The Bertz CT molecular complexity index is 674. The van der Waals surface area contributed by atoms with Crippen molar-refractivity contribution in [3.63, 3.8) is 0 Å². The minimum Gasteiger partial charge on any atom is -0.377 e. The molecular formula is C25H39N3O2. The lowest BCUT2D eigenvalue weighted by atomic mass is 9.92. The Hall–Kier alpha value is -1.43. The van der Waals surface area contributed by atoms with Gasteiger partial charge in [0.25, 0.3) is 0 Å². The highest BCUT2D eigenvalue weighted by atomic mass is 16.5. The summed E-state index contributed by atoms with van der Waals surface area (Å²) in [4.78, 5) is 17.9. The molecule has 30 heavy (non-hydrogen) atoms. The minimum absolute atomic E-state index is 0.139. The molecule has 0 spiro atoms. The number of hydrogen-bond donors (Lipinski definition) is 1. The molecule has 1 N–H and O–H groups in total. The highest BCUT2D eigenvalue weighted by Gasteiger charge is 2.34. The molecule has 4 rings (SSSR count). The van der Waals surface area contributed by atoms with Gasteiger partial charge in [-0.05, 0) is 83.1 Å². The standard InChI is InChI=1S/C25H39N3O2/c1-19(2)30-15-11-26-25(29)22-8-5-12-28(18-22)23-9-13-27(14-10-23)24-16-20-6-3-4-7-21(20)17-24/h3-4,6-7,19,22-24H,5,8-18H2,1-2H3,(H,26,29)/t22-/m0/s1. The normalized spacial score (nSPS) is 24.3. The van der Waals surface area contributed by atoms with Gasteiger partial charge >= 0.3 is 0 Å². The monoisotopic (exact) mass is 413 g/mol. The number of amides is 1. The average molecular weight is 414 g/mol. The van der Waals surface area contributed by atoms with Gasteiger partial charge in [0, 0.05) is 25.2 Å². The summed E-state index contributed by atoms with van der Waals surface area (Å²) in [6.07, 6.45) is 7.29. The predicted molar refractivity (Wildman–Crippen MR) is 121 cm³/mol. The number of nitrogens with zero attached hydrogens (tertiary/aromatic N) is 2. The van der Waals surface area contributed by atoms with E-state index in [4.69, 9.17) is 4.74 Å². The molecule has 0 aromatic heterocycles. The molecule has 5 heteroatoms. The van der Waals surface area contributed by atoms with Gasteiger partial charge in [-0.1, -0.05) is 24.3 Å². The van der Waals surface area contributed by atoms with Crippen molar-refractivity contribution in [1.29, 1.82) is 0 Å². The summed E-state index contributed by atoms with van der Waals surface area (Å²) in [5.41, 5.74) is 3.10. The van der Waals surface area contributed by atoms with Crippen LogP contribution in [0, 0.1) is 5.92 Å². The van der Waals surface area contributed by atoms with Crippen LogP contribution in [-0.4, -0.2) is 73.2 Å². The molecule has 1 aliphatic carbocycles. The zero-order chi connectivity index (χ0) is 20.9. The summed E-state index contributed by atoms with van der Waals surface area (Å²) in [5.74, 6) is 0.355. The molecule has 1 aromatic rings. The lowest BCUT2D eigenvalue weighted by molar-refractivity contribution is -0.127. The Morgan fingerprint density at radius 3 is 2.40 bits per heavy atom. The van der Waals surface area contributed by atoms with Crippen molar-refractivity contribution in [2.45, 2.75) is 70.6 Å². The second kappa shape index (κ2) is 10.3. The Labute approximate surface area is 182 Å². The quantitative estimate of drug-likeness (QED) is 0.698. The lowest BCUT2D eigenvalue weighted by Gasteiger charge is -2.43. The molecule has 2 heterocycles. The Balaban J connectivity index is 1.20. The maximum atomic E-state index is 12.6. The van der Waals surface area contributed by atoms with Gasteiger partial charge in [0.2, 0.25) is 5.91 Å². The number of likely N-dealkylation sites (tertiary alicyclic amines) is 2. The van der Waals surface area contributed by atoms with Gasteiger partial charge < -0.3 is 10.1 Å². The molecule has 2 saturated heterocycles. The van der Waals surface area contributed by atoms with Gasteiger partial charge in [0.15, 0.2) is 0 Å². The van der Waals surface area contributed by atoms with Gasteiger partial charge in [-0.15, -0.1) is 0 Å². The fourth-order valence-corrected chi connectivity index (χ4v) is 5.58. The SMILES string of the molecule is CC(C)OCCNC(=O)[C@H]1CCCN(C2CCN(C3Cc4ccccc4C3)CC2)C1. The van der Waals surface area contributed by atoms with Crippen molar-refractivity contribution in [2.75, 3.05) is 39.3 Å². The molecule has 3 aliphatic rings. The molecule has 1 amide bonds. The first kappa shape index (κ1) is 21.8. The number of nitrogens with one attached hydrogen (secondary N) is 1. The van der Waals surface area contributed by atoms with Crippen LogP contribution in [0.2, 0.25) is 0 Å². The summed E-state index contributed by atoms with van der Waals surface area (Å²) >= 11 is 0. The Kier molecular flexibility index (Phi) is 7.45. The van der Waals surface area contributed by atoms with E-state index in [0.717, 1.165) is 25.9 Å². The fraction of sp³-hybridized carbons (Fsp3) is 0.720. The molecule has 0 bridgehead atoms. The number of ether oxygens (including phenoxy) is 1. The Morgan fingerprint density at radius 2 is 1.73 bits per heavy atom. The maximum absolute atomic E-state index is 12.6. The van der Waals surface area contributed by atoms with Crippen molar-refractivity contribution >= 4 is 5.91 Å². The molecule has 1 atom stereocenters. The molecule has 0 unspecified atom stereocenters. The van der Waals surface area contributed by atoms with Crippen molar-refractivity contribution in [3.8, 4) is 0 Å². The number of carbonyl (C=O) groups excluding carboxylic acids is 1. The minimum atomic E-state index is 0.139. The molecule has 0 radical (unpaired) electrons. The third-order valence-electron chi connectivity index (χ3n) is 7.24. The first-order valence-corrected chi connectivity index (χ1v) is 12.0. The summed E-state index contributed by atoms with van der Waals surface area (Å²) in [5, 5.41) is 3.09. The summed E-state index contributed by atoms with van der Waals surface area (Å²) in [7, 11) is 0. The third-order valence-corrected chi connectivity index (χ3v) is 7.24. The number of rotatable bonds is 7. The smallest absolute Gasteiger partial charge is 0.224 e. The van der Waals surface area contributed by atoms with E-state index in [1.807, 2.05) is 13.8 Å². The molecule has 2 fully saturated rings. The van der Waals surface area contributed by atoms with Crippen LogP contribution in [-0.2, 0) is 22.4 Å². The van der Waals surface area contributed by atoms with Crippen LogP contribution in [0.3, 0.4) is 0 Å². The molecular weight excluding hydrogens is 374 g/mol. The van der Waals surface area contributed by atoms with Crippen molar-refractivity contribution in [2.24, 2.45) is 5.92 Å².